The standard InChI is InChI=1S/C15H19NOS/c16-10-13-4-6-14(7-5-13)17-11-15(12-18)8-2-1-3-9-15/h4-7,18H,1-3,8-9,11-12H2. The van der Waals surface area contributed by atoms with E-state index in [1.54, 1.807) is 12.1 Å². The summed E-state index contributed by atoms with van der Waals surface area (Å²) in [5.74, 6) is 1.74. The third-order valence-electron chi connectivity index (χ3n) is 3.78. The van der Waals surface area contributed by atoms with Gasteiger partial charge in [-0.05, 0) is 42.9 Å². The van der Waals surface area contributed by atoms with Crippen molar-refractivity contribution in [3.63, 3.8) is 0 Å². The van der Waals surface area contributed by atoms with Crippen molar-refractivity contribution >= 4 is 12.6 Å². The number of nitrogens with zero attached hydrogens (tertiary/aromatic N) is 1. The number of thiol groups is 1. The van der Waals surface area contributed by atoms with Crippen molar-refractivity contribution in [1.29, 1.82) is 5.26 Å². The number of benzene rings is 1. The Morgan fingerprint density at radius 1 is 1.17 bits per heavy atom. The highest BCUT2D eigenvalue weighted by Crippen LogP contribution is 2.37. The maximum absolute atomic E-state index is 8.74. The molecular weight excluding hydrogens is 242 g/mol. The molecule has 0 aliphatic heterocycles. The van der Waals surface area contributed by atoms with E-state index in [2.05, 4.69) is 18.7 Å². The number of rotatable bonds is 4. The van der Waals surface area contributed by atoms with Gasteiger partial charge in [-0.1, -0.05) is 19.3 Å². The van der Waals surface area contributed by atoms with Crippen LogP contribution in [0.15, 0.2) is 24.3 Å². The molecular formula is C15H19NOS. The molecule has 0 spiro atoms. The molecule has 96 valence electrons. The van der Waals surface area contributed by atoms with E-state index in [0.717, 1.165) is 18.1 Å². The van der Waals surface area contributed by atoms with Crippen LogP contribution in [0.4, 0.5) is 0 Å². The summed E-state index contributed by atoms with van der Waals surface area (Å²) in [5.41, 5.74) is 0.916. The van der Waals surface area contributed by atoms with Crippen LogP contribution in [0.1, 0.15) is 37.7 Å². The molecule has 3 heteroatoms. The highest BCUT2D eigenvalue weighted by molar-refractivity contribution is 7.80. The summed E-state index contributed by atoms with van der Waals surface area (Å²) in [6.45, 7) is 0.738. The molecule has 1 aliphatic rings. The Labute approximate surface area is 114 Å². The third kappa shape index (κ3) is 3.20. The van der Waals surface area contributed by atoms with Gasteiger partial charge in [-0.25, -0.2) is 0 Å². The molecule has 0 heterocycles. The van der Waals surface area contributed by atoms with E-state index in [-0.39, 0.29) is 5.41 Å². The van der Waals surface area contributed by atoms with Crippen molar-refractivity contribution in [2.45, 2.75) is 32.1 Å². The van der Waals surface area contributed by atoms with Gasteiger partial charge in [-0.2, -0.15) is 17.9 Å². The first-order valence-corrected chi connectivity index (χ1v) is 7.15. The molecule has 1 aromatic rings. The van der Waals surface area contributed by atoms with Crippen LogP contribution in [0, 0.1) is 16.7 Å². The van der Waals surface area contributed by atoms with Crippen molar-refractivity contribution < 1.29 is 4.74 Å². The molecule has 0 N–H and O–H groups in total. The van der Waals surface area contributed by atoms with Crippen molar-refractivity contribution in [2.75, 3.05) is 12.4 Å². The van der Waals surface area contributed by atoms with Gasteiger partial charge in [0.25, 0.3) is 0 Å². The zero-order valence-electron chi connectivity index (χ0n) is 10.6. The first-order valence-electron chi connectivity index (χ1n) is 6.52. The molecule has 0 atom stereocenters. The molecule has 2 rings (SSSR count). The molecule has 1 saturated carbocycles. The fourth-order valence-electron chi connectivity index (χ4n) is 2.51. The Morgan fingerprint density at radius 3 is 2.39 bits per heavy atom. The Bertz CT molecular complexity index is 415. The van der Waals surface area contributed by atoms with Crippen LogP contribution in [-0.2, 0) is 0 Å². The lowest BCUT2D eigenvalue weighted by molar-refractivity contribution is 0.121. The smallest absolute Gasteiger partial charge is 0.119 e. The quantitative estimate of drug-likeness (QED) is 0.836. The lowest BCUT2D eigenvalue weighted by Gasteiger charge is -2.35. The van der Waals surface area contributed by atoms with Gasteiger partial charge >= 0.3 is 0 Å². The van der Waals surface area contributed by atoms with E-state index in [9.17, 15) is 0 Å². The maximum Gasteiger partial charge on any atom is 0.119 e. The summed E-state index contributed by atoms with van der Waals surface area (Å²) in [5, 5.41) is 8.74. The second-order valence-electron chi connectivity index (χ2n) is 5.14. The van der Waals surface area contributed by atoms with Crippen LogP contribution >= 0.6 is 12.6 Å². The maximum atomic E-state index is 8.74. The molecule has 1 fully saturated rings. The monoisotopic (exact) mass is 261 g/mol. The summed E-state index contributed by atoms with van der Waals surface area (Å²) < 4.78 is 5.88. The largest absolute Gasteiger partial charge is 0.493 e. The lowest BCUT2D eigenvalue weighted by atomic mass is 9.76. The topological polar surface area (TPSA) is 33.0 Å². The summed E-state index contributed by atoms with van der Waals surface area (Å²) in [4.78, 5) is 0. The van der Waals surface area contributed by atoms with Gasteiger partial charge in [0.15, 0.2) is 0 Å². The molecule has 0 aromatic heterocycles. The normalized spacial score (nSPS) is 18.0. The predicted molar refractivity (Wildman–Crippen MR) is 76.0 cm³/mol. The van der Waals surface area contributed by atoms with Crippen molar-refractivity contribution in [2.24, 2.45) is 5.41 Å². The highest BCUT2D eigenvalue weighted by Gasteiger charge is 2.31. The molecule has 1 aromatic carbocycles. The molecule has 0 bridgehead atoms. The van der Waals surface area contributed by atoms with E-state index in [0.29, 0.717) is 5.56 Å². The number of hydrogen-bond donors (Lipinski definition) is 1. The molecule has 0 saturated heterocycles. The first-order chi connectivity index (χ1) is 8.78. The molecule has 0 amide bonds. The van der Waals surface area contributed by atoms with Gasteiger partial charge in [-0.3, -0.25) is 0 Å². The molecule has 1 aliphatic carbocycles. The second kappa shape index (κ2) is 6.15. The Kier molecular flexibility index (Phi) is 4.54. The molecule has 0 radical (unpaired) electrons. The van der Waals surface area contributed by atoms with Gasteiger partial charge in [0.05, 0.1) is 18.2 Å². The highest BCUT2D eigenvalue weighted by atomic mass is 32.1. The summed E-state index contributed by atoms with van der Waals surface area (Å²) in [6.07, 6.45) is 6.35. The summed E-state index contributed by atoms with van der Waals surface area (Å²) in [7, 11) is 0. The molecule has 2 nitrogen and oxygen atoms in total. The van der Waals surface area contributed by atoms with Crippen LogP contribution in [0.3, 0.4) is 0 Å². The average Bonchev–Trinajstić information content (AvgIpc) is 2.47. The van der Waals surface area contributed by atoms with E-state index >= 15 is 0 Å². The van der Waals surface area contributed by atoms with Crippen LogP contribution < -0.4 is 4.74 Å². The van der Waals surface area contributed by atoms with Crippen LogP contribution in [0.5, 0.6) is 5.75 Å². The minimum Gasteiger partial charge on any atom is -0.493 e. The van der Waals surface area contributed by atoms with Gasteiger partial charge in [0.2, 0.25) is 0 Å². The van der Waals surface area contributed by atoms with E-state index in [1.165, 1.54) is 32.1 Å². The van der Waals surface area contributed by atoms with Crippen molar-refractivity contribution in [1.82, 2.24) is 0 Å². The SMILES string of the molecule is N#Cc1ccc(OCC2(CS)CCCCC2)cc1. The Morgan fingerprint density at radius 2 is 1.83 bits per heavy atom. The van der Waals surface area contributed by atoms with Crippen LogP contribution in [0.25, 0.3) is 0 Å². The number of ether oxygens (including phenoxy) is 1. The molecule has 0 unspecified atom stereocenters. The van der Waals surface area contributed by atoms with Crippen molar-refractivity contribution in [3.8, 4) is 11.8 Å². The van der Waals surface area contributed by atoms with Gasteiger partial charge in [-0.15, -0.1) is 0 Å². The van der Waals surface area contributed by atoms with Gasteiger partial charge in [0.1, 0.15) is 5.75 Å². The third-order valence-corrected chi connectivity index (χ3v) is 4.45. The number of hydrogen-bond acceptors (Lipinski definition) is 3. The summed E-state index contributed by atoms with van der Waals surface area (Å²) >= 11 is 4.50. The fourth-order valence-corrected chi connectivity index (χ4v) is 2.92. The minimum atomic E-state index is 0.245. The fraction of sp³-hybridized carbons (Fsp3) is 0.533. The Hall–Kier alpha value is -1.14. The van der Waals surface area contributed by atoms with Crippen LogP contribution in [0.2, 0.25) is 0 Å². The average molecular weight is 261 g/mol. The van der Waals surface area contributed by atoms with Crippen LogP contribution in [-0.4, -0.2) is 12.4 Å². The lowest BCUT2D eigenvalue weighted by Crippen LogP contribution is -2.32. The van der Waals surface area contributed by atoms with Crippen molar-refractivity contribution in [3.05, 3.63) is 29.8 Å². The number of nitriles is 1. The predicted octanol–water partition coefficient (Wildman–Crippen LogP) is 3.82. The van der Waals surface area contributed by atoms with Gasteiger partial charge < -0.3 is 4.74 Å². The Balaban J connectivity index is 1.94. The zero-order chi connectivity index (χ0) is 12.8. The van der Waals surface area contributed by atoms with E-state index in [1.807, 2.05) is 12.1 Å². The van der Waals surface area contributed by atoms with E-state index < -0.39 is 0 Å². The molecule has 18 heavy (non-hydrogen) atoms. The summed E-state index contributed by atoms with van der Waals surface area (Å²) in [6, 6.07) is 9.44. The zero-order valence-corrected chi connectivity index (χ0v) is 11.5. The van der Waals surface area contributed by atoms with Gasteiger partial charge in [0, 0.05) is 5.41 Å². The first kappa shape index (κ1) is 13.3. The van der Waals surface area contributed by atoms with E-state index in [4.69, 9.17) is 10.00 Å². The second-order valence-corrected chi connectivity index (χ2v) is 5.46. The minimum absolute atomic E-state index is 0.245.